The van der Waals surface area contributed by atoms with Crippen LogP contribution in [0.25, 0.3) is 0 Å². The van der Waals surface area contributed by atoms with E-state index in [1.165, 1.54) is 18.4 Å². The highest BCUT2D eigenvalue weighted by Crippen LogP contribution is 2.09. The number of allylic oxidation sites excluding steroid dienone is 3. The second kappa shape index (κ2) is 8.58. The number of nitrogens with zero attached hydrogens (tertiary/aromatic N) is 1. The van der Waals surface area contributed by atoms with Crippen molar-refractivity contribution in [3.05, 3.63) is 23.9 Å². The molecule has 88 valence electrons. The van der Waals surface area contributed by atoms with Gasteiger partial charge >= 0.3 is 0 Å². The first-order valence-corrected chi connectivity index (χ1v) is 6.15. The van der Waals surface area contributed by atoms with Gasteiger partial charge in [0.05, 0.1) is 0 Å². The fraction of sp³-hybridized carbons (Fsp3) is 0.714. The van der Waals surface area contributed by atoms with Crippen molar-refractivity contribution in [2.45, 2.75) is 47.5 Å². The van der Waals surface area contributed by atoms with Gasteiger partial charge in [-0.2, -0.15) is 0 Å². The minimum Gasteiger partial charge on any atom is -0.378 e. The van der Waals surface area contributed by atoms with Gasteiger partial charge in [-0.1, -0.05) is 24.6 Å². The Bertz CT molecular complexity index is 195. The zero-order valence-electron chi connectivity index (χ0n) is 11.1. The Labute approximate surface area is 95.9 Å². The zero-order chi connectivity index (χ0) is 11.7. The highest BCUT2D eigenvalue weighted by atomic mass is 15.1. The first-order valence-electron chi connectivity index (χ1n) is 6.15. The van der Waals surface area contributed by atoms with Crippen LogP contribution in [0.15, 0.2) is 23.9 Å². The third-order valence-corrected chi connectivity index (χ3v) is 2.61. The van der Waals surface area contributed by atoms with Gasteiger partial charge in [-0.05, 0) is 52.7 Å². The fourth-order valence-corrected chi connectivity index (χ4v) is 1.43. The average Bonchev–Trinajstić information content (AvgIpc) is 2.18. The molecule has 0 N–H and O–H groups in total. The highest BCUT2D eigenvalue weighted by Gasteiger charge is 1.96. The molecule has 0 aromatic heterocycles. The molecule has 0 aliphatic carbocycles. The minimum absolute atomic E-state index is 0.682. The molecule has 1 unspecified atom stereocenters. The quantitative estimate of drug-likeness (QED) is 0.567. The molecule has 0 amide bonds. The van der Waals surface area contributed by atoms with Crippen LogP contribution in [0.5, 0.6) is 0 Å². The molecule has 0 bridgehead atoms. The van der Waals surface area contributed by atoms with Crippen molar-refractivity contribution in [2.24, 2.45) is 5.92 Å². The van der Waals surface area contributed by atoms with Crippen molar-refractivity contribution >= 4 is 0 Å². The lowest BCUT2D eigenvalue weighted by molar-refractivity contribution is 0.414. The van der Waals surface area contributed by atoms with E-state index in [4.69, 9.17) is 0 Å². The van der Waals surface area contributed by atoms with E-state index in [0.717, 1.165) is 13.1 Å². The monoisotopic (exact) mass is 209 g/mol. The van der Waals surface area contributed by atoms with Gasteiger partial charge in [0.15, 0.2) is 0 Å². The molecule has 1 nitrogen and oxygen atoms in total. The van der Waals surface area contributed by atoms with Crippen molar-refractivity contribution in [1.82, 2.24) is 4.90 Å². The van der Waals surface area contributed by atoms with Crippen molar-refractivity contribution < 1.29 is 0 Å². The molecule has 0 aliphatic rings. The van der Waals surface area contributed by atoms with Gasteiger partial charge in [0.2, 0.25) is 0 Å². The SMILES string of the molecule is CCN(C=CC(C)CCC=C(C)C)CC. The highest BCUT2D eigenvalue weighted by molar-refractivity contribution is 4.94. The molecule has 0 radical (unpaired) electrons. The zero-order valence-corrected chi connectivity index (χ0v) is 11.1. The van der Waals surface area contributed by atoms with Crippen LogP contribution >= 0.6 is 0 Å². The van der Waals surface area contributed by atoms with E-state index in [1.807, 2.05) is 0 Å². The minimum atomic E-state index is 0.682. The average molecular weight is 209 g/mol. The van der Waals surface area contributed by atoms with Gasteiger partial charge in [0.25, 0.3) is 0 Å². The summed E-state index contributed by atoms with van der Waals surface area (Å²) in [6.45, 7) is 13.2. The van der Waals surface area contributed by atoms with Crippen molar-refractivity contribution in [3.63, 3.8) is 0 Å². The van der Waals surface area contributed by atoms with Gasteiger partial charge in [-0.25, -0.2) is 0 Å². The standard InChI is InChI=1S/C14H27N/c1-6-15(7-2)12-11-14(5)10-8-9-13(3)4/h9,11-12,14H,6-8,10H2,1-5H3. The van der Waals surface area contributed by atoms with Gasteiger partial charge in [0.1, 0.15) is 0 Å². The summed E-state index contributed by atoms with van der Waals surface area (Å²) in [4.78, 5) is 2.33. The van der Waals surface area contributed by atoms with Gasteiger partial charge < -0.3 is 4.90 Å². The van der Waals surface area contributed by atoms with E-state index in [1.54, 1.807) is 0 Å². The van der Waals surface area contributed by atoms with Crippen molar-refractivity contribution in [2.75, 3.05) is 13.1 Å². The third-order valence-electron chi connectivity index (χ3n) is 2.61. The van der Waals surface area contributed by atoms with E-state index >= 15 is 0 Å². The normalized spacial score (nSPS) is 12.9. The number of hydrogen-bond acceptors (Lipinski definition) is 1. The van der Waals surface area contributed by atoms with E-state index in [9.17, 15) is 0 Å². The topological polar surface area (TPSA) is 3.24 Å². The Morgan fingerprint density at radius 1 is 1.20 bits per heavy atom. The molecule has 0 aliphatic heterocycles. The lowest BCUT2D eigenvalue weighted by atomic mass is 10.0. The van der Waals surface area contributed by atoms with E-state index in [-0.39, 0.29) is 0 Å². The molecule has 0 saturated carbocycles. The predicted molar refractivity (Wildman–Crippen MR) is 69.9 cm³/mol. The lowest BCUT2D eigenvalue weighted by Crippen LogP contribution is -2.15. The lowest BCUT2D eigenvalue weighted by Gasteiger charge is -2.15. The van der Waals surface area contributed by atoms with Crippen LogP contribution < -0.4 is 0 Å². The Hall–Kier alpha value is -0.720. The Morgan fingerprint density at radius 2 is 1.80 bits per heavy atom. The maximum Gasteiger partial charge on any atom is 0.0143 e. The molecular weight excluding hydrogens is 182 g/mol. The van der Waals surface area contributed by atoms with Crippen LogP contribution in [0.1, 0.15) is 47.5 Å². The van der Waals surface area contributed by atoms with Gasteiger partial charge in [0, 0.05) is 13.1 Å². The smallest absolute Gasteiger partial charge is 0.0143 e. The third kappa shape index (κ3) is 8.29. The summed E-state index contributed by atoms with van der Waals surface area (Å²) in [6.07, 6.45) is 9.34. The first kappa shape index (κ1) is 14.3. The Kier molecular flexibility index (Phi) is 8.17. The molecule has 0 rings (SSSR count). The van der Waals surface area contributed by atoms with E-state index in [2.05, 4.69) is 57.9 Å². The number of rotatable bonds is 7. The van der Waals surface area contributed by atoms with Crippen LogP contribution in [0, 0.1) is 5.92 Å². The molecular formula is C14H27N. The van der Waals surface area contributed by atoms with E-state index < -0.39 is 0 Å². The van der Waals surface area contributed by atoms with Crippen molar-refractivity contribution in [3.8, 4) is 0 Å². The molecule has 15 heavy (non-hydrogen) atoms. The summed E-state index contributed by atoms with van der Waals surface area (Å²) in [5, 5.41) is 0. The van der Waals surface area contributed by atoms with Gasteiger partial charge in [-0.15, -0.1) is 0 Å². The molecule has 0 fully saturated rings. The molecule has 0 heterocycles. The Morgan fingerprint density at radius 3 is 2.27 bits per heavy atom. The van der Waals surface area contributed by atoms with Crippen LogP contribution in [0.3, 0.4) is 0 Å². The van der Waals surface area contributed by atoms with E-state index in [0.29, 0.717) is 5.92 Å². The summed E-state index contributed by atoms with van der Waals surface area (Å²) >= 11 is 0. The van der Waals surface area contributed by atoms with Crippen LogP contribution in [0.2, 0.25) is 0 Å². The molecule has 1 heteroatoms. The summed E-state index contributed by atoms with van der Waals surface area (Å²) in [5.41, 5.74) is 1.43. The first-order chi connectivity index (χ1) is 7.10. The van der Waals surface area contributed by atoms with Crippen molar-refractivity contribution in [1.29, 1.82) is 0 Å². The van der Waals surface area contributed by atoms with Crippen LogP contribution in [0.4, 0.5) is 0 Å². The fourth-order valence-electron chi connectivity index (χ4n) is 1.43. The number of hydrogen-bond donors (Lipinski definition) is 0. The second-order valence-corrected chi connectivity index (χ2v) is 4.40. The second-order valence-electron chi connectivity index (χ2n) is 4.40. The molecule has 0 aromatic carbocycles. The summed E-state index contributed by atoms with van der Waals surface area (Å²) in [7, 11) is 0. The Balaban J connectivity index is 3.81. The summed E-state index contributed by atoms with van der Waals surface area (Å²) in [5.74, 6) is 0.682. The predicted octanol–water partition coefficient (Wildman–Crippen LogP) is 4.22. The van der Waals surface area contributed by atoms with Gasteiger partial charge in [-0.3, -0.25) is 0 Å². The molecule has 0 aromatic rings. The molecule has 0 spiro atoms. The largest absolute Gasteiger partial charge is 0.378 e. The van der Waals surface area contributed by atoms with Crippen LogP contribution in [-0.4, -0.2) is 18.0 Å². The summed E-state index contributed by atoms with van der Waals surface area (Å²) in [6, 6.07) is 0. The maximum absolute atomic E-state index is 2.33. The van der Waals surface area contributed by atoms with Crippen LogP contribution in [-0.2, 0) is 0 Å². The summed E-state index contributed by atoms with van der Waals surface area (Å²) < 4.78 is 0. The maximum atomic E-state index is 2.33. The molecule has 1 atom stereocenters. The molecule has 0 saturated heterocycles.